The van der Waals surface area contributed by atoms with E-state index in [0.29, 0.717) is 34.1 Å². The van der Waals surface area contributed by atoms with E-state index in [2.05, 4.69) is 10.1 Å². The monoisotopic (exact) mass is 333 g/mol. The summed E-state index contributed by atoms with van der Waals surface area (Å²) in [5, 5.41) is 5.68. The molecule has 0 saturated carbocycles. The summed E-state index contributed by atoms with van der Waals surface area (Å²) >= 11 is 1.37. The number of rotatable bonds is 4. The molecule has 0 aromatic carbocycles. The summed E-state index contributed by atoms with van der Waals surface area (Å²) in [5.74, 6) is -0.103. The van der Waals surface area contributed by atoms with Crippen molar-refractivity contribution in [3.05, 3.63) is 50.2 Å². The van der Waals surface area contributed by atoms with Crippen molar-refractivity contribution in [2.24, 2.45) is 0 Å². The molecule has 3 rings (SSSR count). The van der Waals surface area contributed by atoms with Crippen LogP contribution in [-0.2, 0) is 17.8 Å². The molecule has 3 heterocycles. The molecule has 0 atom stereocenters. The van der Waals surface area contributed by atoms with Crippen LogP contribution < -0.4 is 5.56 Å². The predicted molar refractivity (Wildman–Crippen MR) is 83.8 cm³/mol. The van der Waals surface area contributed by atoms with Crippen molar-refractivity contribution >= 4 is 22.3 Å². The van der Waals surface area contributed by atoms with Gasteiger partial charge < -0.3 is 9.26 Å². The van der Waals surface area contributed by atoms with E-state index in [9.17, 15) is 9.59 Å². The molecule has 3 aromatic heterocycles. The van der Waals surface area contributed by atoms with Crippen LogP contribution in [0.25, 0.3) is 4.96 Å². The lowest BCUT2D eigenvalue weighted by Gasteiger charge is -2.05. The van der Waals surface area contributed by atoms with Crippen LogP contribution in [0.15, 0.2) is 20.8 Å². The van der Waals surface area contributed by atoms with Gasteiger partial charge in [-0.25, -0.2) is 9.78 Å². The maximum atomic E-state index is 12.2. The highest BCUT2D eigenvalue weighted by molar-refractivity contribution is 7.15. The van der Waals surface area contributed by atoms with Gasteiger partial charge in [0.2, 0.25) is 0 Å². The number of ether oxygens (including phenoxy) is 1. The Kier molecular flexibility index (Phi) is 3.99. The van der Waals surface area contributed by atoms with Crippen LogP contribution in [0.3, 0.4) is 0 Å². The molecule has 0 unspecified atom stereocenters. The first-order valence-corrected chi connectivity index (χ1v) is 7.98. The van der Waals surface area contributed by atoms with Crippen molar-refractivity contribution in [3.63, 3.8) is 0 Å². The van der Waals surface area contributed by atoms with Crippen molar-refractivity contribution in [2.75, 3.05) is 0 Å². The van der Waals surface area contributed by atoms with Crippen molar-refractivity contribution in [2.45, 2.75) is 33.8 Å². The predicted octanol–water partition coefficient (Wildman–Crippen LogP) is 2.28. The molecule has 0 saturated heterocycles. The number of nitrogens with zero attached hydrogens (tertiary/aromatic N) is 3. The van der Waals surface area contributed by atoms with E-state index in [1.807, 2.05) is 19.2 Å². The SMILES string of the molecule is CCc1noc(C)c1C(=O)OCc1cc(=O)n2c(C)csc2n1. The van der Waals surface area contributed by atoms with E-state index in [1.54, 1.807) is 6.92 Å². The standard InChI is InChI=1S/C15H15N3O4S/c1-4-11-13(9(3)22-17-11)14(20)21-6-10-5-12(19)18-8(2)7-23-15(18)16-10/h5,7H,4,6H2,1-3H3. The van der Waals surface area contributed by atoms with E-state index in [-0.39, 0.29) is 12.2 Å². The van der Waals surface area contributed by atoms with Crippen LogP contribution in [0.2, 0.25) is 0 Å². The van der Waals surface area contributed by atoms with Gasteiger partial charge in [0.15, 0.2) is 4.96 Å². The topological polar surface area (TPSA) is 86.7 Å². The third-order valence-electron chi connectivity index (χ3n) is 3.45. The first-order chi connectivity index (χ1) is 11.0. The zero-order valence-electron chi connectivity index (χ0n) is 13.0. The molecule has 0 fully saturated rings. The summed E-state index contributed by atoms with van der Waals surface area (Å²) in [4.78, 5) is 29.2. The van der Waals surface area contributed by atoms with Gasteiger partial charge in [-0.05, 0) is 20.3 Å². The van der Waals surface area contributed by atoms with Crippen molar-refractivity contribution in [3.8, 4) is 0 Å². The Labute approximate surface area is 135 Å². The summed E-state index contributed by atoms with van der Waals surface area (Å²) in [7, 11) is 0. The van der Waals surface area contributed by atoms with Gasteiger partial charge in [0.25, 0.3) is 5.56 Å². The maximum absolute atomic E-state index is 12.2. The Morgan fingerprint density at radius 2 is 2.22 bits per heavy atom. The van der Waals surface area contributed by atoms with E-state index >= 15 is 0 Å². The second kappa shape index (κ2) is 5.96. The molecule has 0 amide bonds. The lowest BCUT2D eigenvalue weighted by molar-refractivity contribution is 0.0464. The highest BCUT2D eigenvalue weighted by Gasteiger charge is 2.21. The Hall–Kier alpha value is -2.48. The van der Waals surface area contributed by atoms with Crippen LogP contribution in [0.1, 0.15) is 40.1 Å². The van der Waals surface area contributed by atoms with Crippen LogP contribution >= 0.6 is 11.3 Å². The number of hydrogen-bond donors (Lipinski definition) is 0. The quantitative estimate of drug-likeness (QED) is 0.681. The van der Waals surface area contributed by atoms with E-state index in [1.165, 1.54) is 21.8 Å². The fourth-order valence-corrected chi connectivity index (χ4v) is 3.20. The lowest BCUT2D eigenvalue weighted by atomic mass is 10.1. The van der Waals surface area contributed by atoms with Gasteiger partial charge in [0.1, 0.15) is 17.9 Å². The fourth-order valence-electron chi connectivity index (χ4n) is 2.31. The third-order valence-corrected chi connectivity index (χ3v) is 4.40. The number of fused-ring (bicyclic) bond motifs is 1. The zero-order chi connectivity index (χ0) is 16.6. The van der Waals surface area contributed by atoms with Gasteiger partial charge in [-0.3, -0.25) is 9.20 Å². The summed E-state index contributed by atoms with van der Waals surface area (Å²) in [5.41, 5.74) is 1.97. The second-order valence-corrected chi connectivity index (χ2v) is 5.91. The molecule has 0 spiro atoms. The summed E-state index contributed by atoms with van der Waals surface area (Å²) in [6, 6.07) is 1.38. The highest BCUT2D eigenvalue weighted by Crippen LogP contribution is 2.16. The smallest absolute Gasteiger partial charge is 0.344 e. The van der Waals surface area contributed by atoms with Crippen LogP contribution in [0, 0.1) is 13.8 Å². The number of thiazole rings is 1. The molecular weight excluding hydrogens is 318 g/mol. The number of carbonyl (C=O) groups is 1. The molecule has 0 bridgehead atoms. The molecule has 0 radical (unpaired) electrons. The highest BCUT2D eigenvalue weighted by atomic mass is 32.1. The zero-order valence-corrected chi connectivity index (χ0v) is 13.8. The molecule has 0 N–H and O–H groups in total. The molecule has 120 valence electrons. The van der Waals surface area contributed by atoms with Crippen molar-refractivity contribution in [1.29, 1.82) is 0 Å². The second-order valence-electron chi connectivity index (χ2n) is 5.07. The minimum atomic E-state index is -0.523. The molecule has 3 aromatic rings. The van der Waals surface area contributed by atoms with Crippen LogP contribution in [0.5, 0.6) is 0 Å². The molecular formula is C15H15N3O4S. The van der Waals surface area contributed by atoms with Crippen LogP contribution in [0.4, 0.5) is 0 Å². The summed E-state index contributed by atoms with van der Waals surface area (Å²) < 4.78 is 11.8. The van der Waals surface area contributed by atoms with E-state index in [0.717, 1.165) is 5.69 Å². The van der Waals surface area contributed by atoms with Gasteiger partial charge >= 0.3 is 5.97 Å². The molecule has 0 aliphatic heterocycles. The Morgan fingerprint density at radius 1 is 1.43 bits per heavy atom. The number of carbonyl (C=O) groups excluding carboxylic acids is 1. The Bertz CT molecular complexity index is 938. The van der Waals surface area contributed by atoms with Gasteiger partial charge in [-0.2, -0.15) is 0 Å². The molecule has 7 nitrogen and oxygen atoms in total. The first-order valence-electron chi connectivity index (χ1n) is 7.10. The molecule has 8 heteroatoms. The first kappa shape index (κ1) is 15.4. The van der Waals surface area contributed by atoms with Crippen molar-refractivity contribution < 1.29 is 14.1 Å². The van der Waals surface area contributed by atoms with E-state index in [4.69, 9.17) is 9.26 Å². The largest absolute Gasteiger partial charge is 0.455 e. The van der Waals surface area contributed by atoms with Gasteiger partial charge in [-0.15, -0.1) is 11.3 Å². The third kappa shape index (κ3) is 2.77. The average molecular weight is 333 g/mol. The Morgan fingerprint density at radius 3 is 2.96 bits per heavy atom. The van der Waals surface area contributed by atoms with Crippen molar-refractivity contribution in [1.82, 2.24) is 14.5 Å². The summed E-state index contributed by atoms with van der Waals surface area (Å²) in [6.45, 7) is 5.31. The Balaban J connectivity index is 1.82. The van der Waals surface area contributed by atoms with Crippen LogP contribution in [-0.4, -0.2) is 20.5 Å². The average Bonchev–Trinajstić information content (AvgIpc) is 3.08. The number of hydrogen-bond acceptors (Lipinski definition) is 7. The fraction of sp³-hybridized carbons (Fsp3) is 0.333. The minimum absolute atomic E-state index is 0.0741. The van der Waals surface area contributed by atoms with Gasteiger partial charge in [0.05, 0.1) is 11.4 Å². The number of aryl methyl sites for hydroxylation is 3. The lowest BCUT2D eigenvalue weighted by Crippen LogP contribution is -2.16. The number of esters is 1. The molecule has 0 aliphatic carbocycles. The normalized spacial score (nSPS) is 11.1. The van der Waals surface area contributed by atoms with Gasteiger partial charge in [-0.1, -0.05) is 12.1 Å². The number of aromatic nitrogens is 3. The van der Waals surface area contributed by atoms with E-state index < -0.39 is 5.97 Å². The summed E-state index contributed by atoms with van der Waals surface area (Å²) in [6.07, 6.45) is 0.571. The minimum Gasteiger partial charge on any atom is -0.455 e. The molecule has 0 aliphatic rings. The maximum Gasteiger partial charge on any atom is 0.344 e. The molecule has 23 heavy (non-hydrogen) atoms. The van der Waals surface area contributed by atoms with Gasteiger partial charge in [0, 0.05) is 17.1 Å².